The van der Waals surface area contributed by atoms with Crippen LogP contribution in [0.3, 0.4) is 0 Å². The number of aromatic nitrogens is 1. The van der Waals surface area contributed by atoms with Crippen LogP contribution in [0.4, 0.5) is 0 Å². The standard InChI is InChI=1S/C18H30N6O2.ClH/c1-13(2)10-16(19)17(26)24(11-14-5-8-22-9-6-14)15(12-25)4-3-7-23-18(20)21;/h5-6,8-9,12-13,15-16H,3-4,7,10-11,19H2,1-2H3,(H4,20,21,23);1H/t15-,16-;/m0./s1. The molecule has 8 nitrogen and oxygen atoms in total. The first kappa shape index (κ1) is 24.8. The summed E-state index contributed by atoms with van der Waals surface area (Å²) in [6, 6.07) is 2.40. The van der Waals surface area contributed by atoms with E-state index in [1.165, 1.54) is 0 Å². The number of carbonyl (C=O) groups is 2. The second kappa shape index (κ2) is 13.1. The van der Waals surface area contributed by atoms with Gasteiger partial charge in [0.2, 0.25) is 5.91 Å². The molecule has 0 aliphatic rings. The SMILES string of the molecule is CC(C)C[C@H](N)C(=O)N(Cc1ccncc1)[C@H](C=O)CCCNC(=N)N.Cl. The molecule has 0 unspecified atom stereocenters. The van der Waals surface area contributed by atoms with Gasteiger partial charge in [0, 0.05) is 25.5 Å². The Morgan fingerprint density at radius 2 is 2.00 bits per heavy atom. The second-order valence-electron chi connectivity index (χ2n) is 6.74. The van der Waals surface area contributed by atoms with Gasteiger partial charge >= 0.3 is 0 Å². The average Bonchev–Trinajstić information content (AvgIpc) is 2.60. The molecule has 0 saturated heterocycles. The van der Waals surface area contributed by atoms with Crippen LogP contribution in [0.1, 0.15) is 38.7 Å². The maximum Gasteiger partial charge on any atom is 0.240 e. The number of amides is 1. The zero-order valence-electron chi connectivity index (χ0n) is 15.9. The third-order valence-corrected chi connectivity index (χ3v) is 3.98. The van der Waals surface area contributed by atoms with Crippen LogP contribution < -0.4 is 16.8 Å². The van der Waals surface area contributed by atoms with Crippen LogP contribution in [0.5, 0.6) is 0 Å². The lowest BCUT2D eigenvalue weighted by Crippen LogP contribution is -2.49. The molecule has 0 bridgehead atoms. The highest BCUT2D eigenvalue weighted by Crippen LogP contribution is 2.15. The number of nitrogens with one attached hydrogen (secondary N) is 2. The molecule has 1 rings (SSSR count). The van der Waals surface area contributed by atoms with Crippen molar-refractivity contribution in [1.82, 2.24) is 15.2 Å². The fourth-order valence-electron chi connectivity index (χ4n) is 2.70. The summed E-state index contributed by atoms with van der Waals surface area (Å²) < 4.78 is 0. The van der Waals surface area contributed by atoms with E-state index in [2.05, 4.69) is 10.3 Å². The molecule has 1 aromatic heterocycles. The Morgan fingerprint density at radius 3 is 2.52 bits per heavy atom. The molecular weight excluding hydrogens is 368 g/mol. The monoisotopic (exact) mass is 398 g/mol. The number of halogens is 1. The van der Waals surface area contributed by atoms with E-state index in [1.54, 1.807) is 17.3 Å². The van der Waals surface area contributed by atoms with Crippen molar-refractivity contribution >= 4 is 30.6 Å². The van der Waals surface area contributed by atoms with Crippen molar-refractivity contribution < 1.29 is 9.59 Å². The van der Waals surface area contributed by atoms with Crippen LogP contribution in [0.15, 0.2) is 24.5 Å². The largest absolute Gasteiger partial charge is 0.370 e. The molecule has 27 heavy (non-hydrogen) atoms. The zero-order valence-corrected chi connectivity index (χ0v) is 16.7. The van der Waals surface area contributed by atoms with Crippen LogP contribution in [0, 0.1) is 11.3 Å². The molecule has 2 atom stereocenters. The van der Waals surface area contributed by atoms with Crippen molar-refractivity contribution in [2.24, 2.45) is 17.4 Å². The minimum Gasteiger partial charge on any atom is -0.370 e. The van der Waals surface area contributed by atoms with Crippen LogP contribution in [0.25, 0.3) is 0 Å². The summed E-state index contributed by atoms with van der Waals surface area (Å²) in [5, 5.41) is 9.86. The number of guanidine groups is 1. The Morgan fingerprint density at radius 1 is 1.37 bits per heavy atom. The Balaban J connectivity index is 0.00000676. The molecular formula is C18H31ClN6O2. The quantitative estimate of drug-likeness (QED) is 0.190. The molecule has 152 valence electrons. The highest BCUT2D eigenvalue weighted by molar-refractivity contribution is 5.85. The van der Waals surface area contributed by atoms with Gasteiger partial charge in [0.05, 0.1) is 12.1 Å². The summed E-state index contributed by atoms with van der Waals surface area (Å²) in [7, 11) is 0. The van der Waals surface area contributed by atoms with Gasteiger partial charge in [0.25, 0.3) is 0 Å². The van der Waals surface area contributed by atoms with Crippen molar-refractivity contribution in [3.8, 4) is 0 Å². The molecule has 0 aliphatic carbocycles. The number of nitrogens with two attached hydrogens (primary N) is 2. The van der Waals surface area contributed by atoms with E-state index in [4.69, 9.17) is 16.9 Å². The third-order valence-electron chi connectivity index (χ3n) is 3.98. The van der Waals surface area contributed by atoms with Crippen molar-refractivity contribution in [3.05, 3.63) is 30.1 Å². The molecule has 1 heterocycles. The summed E-state index contributed by atoms with van der Waals surface area (Å²) in [6.07, 6.45) is 5.72. The topological polar surface area (TPSA) is 138 Å². The Labute approximate surface area is 167 Å². The second-order valence-corrected chi connectivity index (χ2v) is 6.74. The molecule has 0 radical (unpaired) electrons. The van der Waals surface area contributed by atoms with E-state index in [0.29, 0.717) is 32.4 Å². The zero-order chi connectivity index (χ0) is 19.5. The van der Waals surface area contributed by atoms with E-state index >= 15 is 0 Å². The lowest BCUT2D eigenvalue weighted by atomic mass is 10.0. The number of rotatable bonds is 11. The molecule has 0 aromatic carbocycles. The highest BCUT2D eigenvalue weighted by atomic mass is 35.5. The van der Waals surface area contributed by atoms with E-state index in [-0.39, 0.29) is 30.2 Å². The van der Waals surface area contributed by atoms with Gasteiger partial charge in [0.1, 0.15) is 6.29 Å². The Hall–Kier alpha value is -2.19. The fourth-order valence-corrected chi connectivity index (χ4v) is 2.70. The first-order valence-corrected chi connectivity index (χ1v) is 8.83. The van der Waals surface area contributed by atoms with Crippen LogP contribution in [-0.4, -0.2) is 46.7 Å². The normalized spacial score (nSPS) is 12.6. The summed E-state index contributed by atoms with van der Waals surface area (Å²) in [4.78, 5) is 30.1. The smallest absolute Gasteiger partial charge is 0.240 e. The van der Waals surface area contributed by atoms with Gasteiger partial charge in [-0.2, -0.15) is 0 Å². The van der Waals surface area contributed by atoms with E-state index in [1.807, 2.05) is 26.0 Å². The highest BCUT2D eigenvalue weighted by Gasteiger charge is 2.28. The molecule has 1 amide bonds. The summed E-state index contributed by atoms with van der Waals surface area (Å²) >= 11 is 0. The average molecular weight is 399 g/mol. The van der Waals surface area contributed by atoms with Gasteiger partial charge in [-0.25, -0.2) is 0 Å². The lowest BCUT2D eigenvalue weighted by molar-refractivity contribution is -0.138. The summed E-state index contributed by atoms with van der Waals surface area (Å²) in [6.45, 7) is 4.78. The lowest BCUT2D eigenvalue weighted by Gasteiger charge is -2.31. The van der Waals surface area contributed by atoms with Crippen LogP contribution >= 0.6 is 12.4 Å². The first-order chi connectivity index (χ1) is 12.3. The van der Waals surface area contributed by atoms with Crippen LogP contribution in [0.2, 0.25) is 0 Å². The van der Waals surface area contributed by atoms with Crippen molar-refractivity contribution in [2.45, 2.75) is 51.7 Å². The summed E-state index contributed by atoms with van der Waals surface area (Å²) in [5.41, 5.74) is 12.2. The maximum atomic E-state index is 12.9. The predicted octanol–water partition coefficient (Wildman–Crippen LogP) is 1.04. The van der Waals surface area contributed by atoms with Gasteiger partial charge in [-0.15, -0.1) is 12.4 Å². The first-order valence-electron chi connectivity index (χ1n) is 8.83. The van der Waals surface area contributed by atoms with Crippen LogP contribution in [-0.2, 0) is 16.1 Å². The molecule has 9 heteroatoms. The molecule has 6 N–H and O–H groups in total. The number of aldehydes is 1. The Bertz CT molecular complexity index is 584. The van der Waals surface area contributed by atoms with Gasteiger partial charge in [-0.05, 0) is 42.9 Å². The molecule has 0 spiro atoms. The Kier molecular flexibility index (Phi) is 12.0. The van der Waals surface area contributed by atoms with Gasteiger partial charge in [-0.3, -0.25) is 15.2 Å². The van der Waals surface area contributed by atoms with Gasteiger partial charge in [0.15, 0.2) is 5.96 Å². The van der Waals surface area contributed by atoms with Crippen molar-refractivity contribution in [3.63, 3.8) is 0 Å². The number of hydrogen-bond acceptors (Lipinski definition) is 5. The molecule has 1 aromatic rings. The predicted molar refractivity (Wildman–Crippen MR) is 108 cm³/mol. The molecule has 0 aliphatic heterocycles. The minimum atomic E-state index is -0.644. The third kappa shape index (κ3) is 9.35. The van der Waals surface area contributed by atoms with E-state index in [9.17, 15) is 9.59 Å². The van der Waals surface area contributed by atoms with E-state index in [0.717, 1.165) is 11.8 Å². The number of nitrogens with zero attached hydrogens (tertiary/aromatic N) is 2. The van der Waals surface area contributed by atoms with Gasteiger partial charge in [-0.1, -0.05) is 13.8 Å². The van der Waals surface area contributed by atoms with Crippen molar-refractivity contribution in [1.29, 1.82) is 5.41 Å². The fraction of sp³-hybridized carbons (Fsp3) is 0.556. The number of hydrogen-bond donors (Lipinski definition) is 4. The molecule has 0 fully saturated rings. The summed E-state index contributed by atoms with van der Waals surface area (Å²) in [5.74, 6) is -0.0605. The minimum absolute atomic E-state index is 0. The number of pyridine rings is 1. The van der Waals surface area contributed by atoms with Crippen molar-refractivity contribution in [2.75, 3.05) is 6.54 Å². The number of carbonyl (C=O) groups excluding carboxylic acids is 2. The maximum absolute atomic E-state index is 12.9. The van der Waals surface area contributed by atoms with Gasteiger partial charge < -0.3 is 26.5 Å². The molecule has 0 saturated carbocycles. The van der Waals surface area contributed by atoms with E-state index < -0.39 is 12.1 Å².